The van der Waals surface area contributed by atoms with Gasteiger partial charge in [-0.1, -0.05) is 29.3 Å². The van der Waals surface area contributed by atoms with Crippen LogP contribution < -0.4 is 0 Å². The molecule has 0 aliphatic carbocycles. The monoisotopic (exact) mass is 470 g/mol. The number of alkyl halides is 3. The Hall–Kier alpha value is -2.97. The fourth-order valence-electron chi connectivity index (χ4n) is 3.12. The Bertz CT molecular complexity index is 1350. The first kappa shape index (κ1) is 21.3. The van der Waals surface area contributed by atoms with Crippen LogP contribution in [0.15, 0.2) is 54.6 Å². The van der Waals surface area contributed by atoms with E-state index >= 15 is 0 Å². The number of benzene rings is 3. The maximum atomic E-state index is 13.7. The number of fused-ring (bicyclic) bond motifs is 1. The van der Waals surface area contributed by atoms with Crippen molar-refractivity contribution in [3.8, 4) is 11.4 Å². The van der Waals surface area contributed by atoms with Gasteiger partial charge in [-0.15, -0.1) is 0 Å². The van der Waals surface area contributed by atoms with Crippen LogP contribution in [-0.4, -0.2) is 15.5 Å². The van der Waals surface area contributed by atoms with Crippen molar-refractivity contribution >= 4 is 40.1 Å². The molecule has 0 unspecified atom stereocenters. The maximum Gasteiger partial charge on any atom is 0.417 e. The van der Waals surface area contributed by atoms with Crippen LogP contribution in [0.1, 0.15) is 15.9 Å². The first-order chi connectivity index (χ1) is 14.6. The van der Waals surface area contributed by atoms with Crippen molar-refractivity contribution < 1.29 is 26.7 Å². The summed E-state index contributed by atoms with van der Waals surface area (Å²) in [6.07, 6.45) is -4.74. The fourth-order valence-corrected chi connectivity index (χ4v) is 3.61. The Labute approximate surface area is 181 Å². The lowest BCUT2D eigenvalue weighted by atomic mass is 10.1. The summed E-state index contributed by atoms with van der Waals surface area (Å²) in [5.41, 5.74) is -1.12. The number of carbonyl (C=O) groups is 1. The average Bonchev–Trinajstić information content (AvgIpc) is 3.06. The molecule has 4 rings (SSSR count). The van der Waals surface area contributed by atoms with Gasteiger partial charge in [0.2, 0.25) is 0 Å². The first-order valence-corrected chi connectivity index (χ1v) is 9.37. The lowest BCUT2D eigenvalue weighted by Gasteiger charge is -2.13. The number of hydrogen-bond donors (Lipinski definition) is 0. The smallest absolute Gasteiger partial charge is 0.268 e. The van der Waals surface area contributed by atoms with Crippen molar-refractivity contribution in [2.75, 3.05) is 0 Å². The zero-order valence-electron chi connectivity index (χ0n) is 15.1. The van der Waals surface area contributed by atoms with Crippen LogP contribution in [0, 0.1) is 11.6 Å². The van der Waals surface area contributed by atoms with E-state index in [1.54, 1.807) is 0 Å². The summed E-state index contributed by atoms with van der Waals surface area (Å²) in [6.45, 7) is 0. The number of imidazole rings is 1. The van der Waals surface area contributed by atoms with Crippen molar-refractivity contribution in [3.63, 3.8) is 0 Å². The predicted octanol–water partition coefficient (Wildman–Crippen LogP) is 7.00. The predicted molar refractivity (Wildman–Crippen MR) is 106 cm³/mol. The van der Waals surface area contributed by atoms with Crippen molar-refractivity contribution in [2.24, 2.45) is 0 Å². The summed E-state index contributed by atoms with van der Waals surface area (Å²) in [5.74, 6) is -3.45. The Morgan fingerprint density at radius 2 is 1.68 bits per heavy atom. The molecule has 0 atom stereocenters. The molecule has 0 spiro atoms. The van der Waals surface area contributed by atoms with Gasteiger partial charge in [-0.05, 0) is 48.5 Å². The van der Waals surface area contributed by atoms with Crippen molar-refractivity contribution in [1.82, 2.24) is 9.55 Å². The topological polar surface area (TPSA) is 34.9 Å². The number of carbonyl (C=O) groups excluding carboxylic acids is 1. The van der Waals surface area contributed by atoms with E-state index in [0.29, 0.717) is 6.07 Å². The van der Waals surface area contributed by atoms with Gasteiger partial charge in [0.1, 0.15) is 5.82 Å². The lowest BCUT2D eigenvalue weighted by Crippen LogP contribution is -2.15. The molecule has 158 valence electrons. The fraction of sp³-hybridized carbons (Fsp3) is 0.0476. The van der Waals surface area contributed by atoms with E-state index in [1.807, 2.05) is 0 Å². The molecule has 0 aliphatic heterocycles. The summed E-state index contributed by atoms with van der Waals surface area (Å²) in [5, 5.41) is -0.380. The number of rotatable bonds is 2. The molecule has 0 saturated carbocycles. The Balaban J connectivity index is 2.01. The summed E-state index contributed by atoms with van der Waals surface area (Å²) in [6, 6.07) is 10.0. The highest BCUT2D eigenvalue weighted by Gasteiger charge is 2.35. The average molecular weight is 471 g/mol. The van der Waals surface area contributed by atoms with Crippen LogP contribution in [-0.2, 0) is 6.18 Å². The third-order valence-corrected chi connectivity index (χ3v) is 5.17. The highest BCUT2D eigenvalue weighted by Crippen LogP contribution is 2.40. The van der Waals surface area contributed by atoms with Crippen LogP contribution in [0.3, 0.4) is 0 Å². The molecule has 1 aromatic heterocycles. The minimum Gasteiger partial charge on any atom is -0.268 e. The van der Waals surface area contributed by atoms with Crippen LogP contribution >= 0.6 is 23.2 Å². The molecule has 0 bridgehead atoms. The Morgan fingerprint density at radius 1 is 0.935 bits per heavy atom. The first-order valence-electron chi connectivity index (χ1n) is 8.62. The van der Waals surface area contributed by atoms with Crippen molar-refractivity contribution in [1.29, 1.82) is 0 Å². The molecule has 0 aliphatic rings. The third-order valence-electron chi connectivity index (χ3n) is 4.53. The molecular formula is C21H9Cl2F5N2O. The molecule has 0 amide bonds. The van der Waals surface area contributed by atoms with Gasteiger partial charge < -0.3 is 0 Å². The van der Waals surface area contributed by atoms with E-state index in [0.717, 1.165) is 28.8 Å². The van der Waals surface area contributed by atoms with E-state index in [9.17, 15) is 26.7 Å². The maximum absolute atomic E-state index is 13.7. The number of hydrogen-bond acceptors (Lipinski definition) is 2. The van der Waals surface area contributed by atoms with Gasteiger partial charge in [0.15, 0.2) is 11.6 Å². The van der Waals surface area contributed by atoms with E-state index in [-0.39, 0.29) is 33.0 Å². The van der Waals surface area contributed by atoms with Crippen molar-refractivity contribution in [2.45, 2.75) is 6.18 Å². The molecule has 31 heavy (non-hydrogen) atoms. The minimum absolute atomic E-state index is 0.167. The van der Waals surface area contributed by atoms with Crippen LogP contribution in [0.4, 0.5) is 22.0 Å². The zero-order valence-corrected chi connectivity index (χ0v) is 16.7. The van der Waals surface area contributed by atoms with Crippen LogP contribution in [0.25, 0.3) is 22.4 Å². The molecule has 0 saturated heterocycles. The highest BCUT2D eigenvalue weighted by atomic mass is 35.5. The van der Waals surface area contributed by atoms with Gasteiger partial charge in [-0.25, -0.2) is 13.8 Å². The van der Waals surface area contributed by atoms with E-state index in [4.69, 9.17) is 23.2 Å². The largest absolute Gasteiger partial charge is 0.417 e. The second-order valence-corrected chi connectivity index (χ2v) is 7.32. The SMILES string of the molecule is O=C(c1ccc(F)c(F)c1)n1c(-c2cccc(C(F)(F)F)c2Cl)nc2cc(Cl)ccc21. The number of aromatic nitrogens is 2. The third kappa shape index (κ3) is 3.77. The molecule has 0 fully saturated rings. The Morgan fingerprint density at radius 3 is 2.35 bits per heavy atom. The summed E-state index contributed by atoms with van der Waals surface area (Å²) in [7, 11) is 0. The number of halogens is 7. The second kappa shape index (κ2) is 7.62. The molecule has 3 aromatic carbocycles. The minimum atomic E-state index is -4.74. The molecule has 1 heterocycles. The lowest BCUT2D eigenvalue weighted by molar-refractivity contribution is -0.137. The summed E-state index contributed by atoms with van der Waals surface area (Å²) >= 11 is 12.0. The van der Waals surface area contributed by atoms with Crippen molar-refractivity contribution in [3.05, 3.63) is 87.4 Å². The quantitative estimate of drug-likeness (QED) is 0.295. The standard InChI is InChI=1S/C21H9Cl2F5N2O/c22-11-5-7-17-16(9-11)29-19(12-2-1-3-13(18(12)23)21(26,27)28)30(17)20(31)10-4-6-14(24)15(25)8-10/h1-9H. The van der Waals surface area contributed by atoms with Gasteiger partial charge in [0.25, 0.3) is 5.91 Å². The highest BCUT2D eigenvalue weighted by molar-refractivity contribution is 6.34. The van der Waals surface area contributed by atoms with Crippen LogP contribution in [0.5, 0.6) is 0 Å². The molecule has 0 N–H and O–H groups in total. The van der Waals surface area contributed by atoms with Gasteiger partial charge in [-0.2, -0.15) is 13.2 Å². The van der Waals surface area contributed by atoms with Gasteiger partial charge >= 0.3 is 6.18 Å². The number of nitrogens with zero attached hydrogens (tertiary/aromatic N) is 2. The Kier molecular flexibility index (Phi) is 5.23. The van der Waals surface area contributed by atoms with Crippen LogP contribution in [0.2, 0.25) is 10.0 Å². The van der Waals surface area contributed by atoms with E-state index < -0.39 is 34.3 Å². The summed E-state index contributed by atoms with van der Waals surface area (Å²) < 4.78 is 68.0. The zero-order chi connectivity index (χ0) is 22.5. The molecule has 10 heteroatoms. The molecule has 0 radical (unpaired) electrons. The van der Waals surface area contributed by atoms with Gasteiger partial charge in [-0.3, -0.25) is 9.36 Å². The van der Waals surface area contributed by atoms with Gasteiger partial charge in [0.05, 0.1) is 21.6 Å². The molecule has 4 aromatic rings. The molecule has 3 nitrogen and oxygen atoms in total. The van der Waals surface area contributed by atoms with Gasteiger partial charge in [0, 0.05) is 16.1 Å². The summed E-state index contributed by atoms with van der Waals surface area (Å²) in [4.78, 5) is 17.4. The second-order valence-electron chi connectivity index (χ2n) is 6.50. The van der Waals surface area contributed by atoms with E-state index in [2.05, 4.69) is 4.98 Å². The molecular weight excluding hydrogens is 462 g/mol. The normalized spacial score (nSPS) is 11.8. The van der Waals surface area contributed by atoms with E-state index in [1.165, 1.54) is 24.3 Å².